The Morgan fingerprint density at radius 3 is 2.43 bits per heavy atom. The molecule has 0 saturated carbocycles. The third-order valence-corrected chi connectivity index (χ3v) is 5.51. The first kappa shape index (κ1) is 20.3. The largest absolute Gasteiger partial charge is 0.465 e. The molecule has 1 N–H and O–H groups in total. The average Bonchev–Trinajstić information content (AvgIpc) is 3.12. The van der Waals surface area contributed by atoms with E-state index in [0.29, 0.717) is 18.4 Å². The SMILES string of the molecule is CS(=O)(=O)O[C@@H](C1CCCN1C(=O)O)[C@H](c1ccccc1)c1ccccc1F. The first-order valence-electron chi connectivity index (χ1n) is 8.95. The lowest BCUT2D eigenvalue weighted by Crippen LogP contribution is -2.47. The standard InChI is InChI=1S/C20H22FNO5S/c1-28(25,26)27-19(17-12-7-13-22(17)20(23)24)18(14-8-3-2-4-9-14)15-10-5-6-11-16(15)21/h2-6,8-11,17-19H,7,12-13H2,1H3,(H,23,24)/t17?,18-,19+/m1/s1. The summed E-state index contributed by atoms with van der Waals surface area (Å²) in [5.74, 6) is -1.29. The summed E-state index contributed by atoms with van der Waals surface area (Å²) in [6.07, 6.45) is -0.301. The fourth-order valence-corrected chi connectivity index (χ4v) is 4.49. The third kappa shape index (κ3) is 4.51. The van der Waals surface area contributed by atoms with Crippen LogP contribution in [-0.4, -0.2) is 49.5 Å². The molecule has 2 aromatic rings. The second-order valence-corrected chi connectivity index (χ2v) is 8.46. The number of benzene rings is 2. The zero-order chi connectivity index (χ0) is 20.3. The molecule has 1 aliphatic rings. The van der Waals surface area contributed by atoms with Crippen LogP contribution in [0.5, 0.6) is 0 Å². The van der Waals surface area contributed by atoms with Gasteiger partial charge in [0.05, 0.1) is 12.3 Å². The van der Waals surface area contributed by atoms with Crippen molar-refractivity contribution < 1.29 is 26.9 Å². The van der Waals surface area contributed by atoms with Crippen molar-refractivity contribution in [3.63, 3.8) is 0 Å². The van der Waals surface area contributed by atoms with Crippen LogP contribution in [0.3, 0.4) is 0 Å². The maximum atomic E-state index is 14.7. The number of amides is 1. The molecule has 8 heteroatoms. The number of halogens is 1. The molecular weight excluding hydrogens is 385 g/mol. The van der Waals surface area contributed by atoms with Crippen molar-refractivity contribution in [3.05, 3.63) is 71.5 Å². The molecule has 0 radical (unpaired) electrons. The first-order valence-corrected chi connectivity index (χ1v) is 10.8. The smallest absolute Gasteiger partial charge is 0.407 e. The zero-order valence-electron chi connectivity index (χ0n) is 15.4. The second-order valence-electron chi connectivity index (χ2n) is 6.86. The zero-order valence-corrected chi connectivity index (χ0v) is 16.2. The van der Waals surface area contributed by atoms with Crippen molar-refractivity contribution in [2.24, 2.45) is 0 Å². The van der Waals surface area contributed by atoms with Crippen LogP contribution in [0.2, 0.25) is 0 Å². The molecule has 3 atom stereocenters. The van der Waals surface area contributed by atoms with Crippen LogP contribution >= 0.6 is 0 Å². The van der Waals surface area contributed by atoms with E-state index in [2.05, 4.69) is 0 Å². The van der Waals surface area contributed by atoms with Gasteiger partial charge in [-0.05, 0) is 30.0 Å². The lowest BCUT2D eigenvalue weighted by molar-refractivity contribution is 0.0772. The summed E-state index contributed by atoms with van der Waals surface area (Å²) < 4.78 is 44.2. The van der Waals surface area contributed by atoms with E-state index in [1.54, 1.807) is 48.5 Å². The van der Waals surface area contributed by atoms with Gasteiger partial charge in [-0.3, -0.25) is 4.18 Å². The Hall–Kier alpha value is -2.45. The predicted octanol–water partition coefficient (Wildman–Crippen LogP) is 3.44. The van der Waals surface area contributed by atoms with E-state index in [1.807, 2.05) is 0 Å². The number of rotatable bonds is 6. The van der Waals surface area contributed by atoms with E-state index in [9.17, 15) is 22.7 Å². The molecule has 3 rings (SSSR count). The Morgan fingerprint density at radius 2 is 1.82 bits per heavy atom. The van der Waals surface area contributed by atoms with Crippen molar-refractivity contribution in [3.8, 4) is 0 Å². The molecule has 2 aromatic carbocycles. The maximum absolute atomic E-state index is 14.7. The van der Waals surface area contributed by atoms with Gasteiger partial charge in [0.1, 0.15) is 11.9 Å². The Bertz CT molecular complexity index is 935. The molecule has 0 bridgehead atoms. The Labute approximate surface area is 163 Å². The minimum atomic E-state index is -3.93. The highest BCUT2D eigenvalue weighted by Gasteiger charge is 2.43. The number of likely N-dealkylation sites (tertiary alicyclic amines) is 1. The molecule has 1 amide bonds. The van der Waals surface area contributed by atoms with Gasteiger partial charge in [0, 0.05) is 12.5 Å². The van der Waals surface area contributed by atoms with Gasteiger partial charge in [-0.2, -0.15) is 8.42 Å². The fraction of sp³-hybridized carbons (Fsp3) is 0.350. The van der Waals surface area contributed by atoms with Crippen LogP contribution in [0.15, 0.2) is 54.6 Å². The Kier molecular flexibility index (Phi) is 6.00. The molecule has 1 heterocycles. The molecule has 1 saturated heterocycles. The summed E-state index contributed by atoms with van der Waals surface area (Å²) in [6, 6.07) is 14.2. The van der Waals surface area contributed by atoms with E-state index in [1.165, 1.54) is 11.0 Å². The summed E-state index contributed by atoms with van der Waals surface area (Å²) in [7, 11) is -3.93. The summed E-state index contributed by atoms with van der Waals surface area (Å²) in [5, 5.41) is 9.56. The highest BCUT2D eigenvalue weighted by atomic mass is 32.2. The molecule has 1 unspecified atom stereocenters. The van der Waals surface area contributed by atoms with E-state index in [0.717, 1.165) is 6.26 Å². The van der Waals surface area contributed by atoms with Gasteiger partial charge >= 0.3 is 6.09 Å². The fourth-order valence-electron chi connectivity index (χ4n) is 3.85. The van der Waals surface area contributed by atoms with Gasteiger partial charge in [0.15, 0.2) is 0 Å². The highest BCUT2D eigenvalue weighted by Crippen LogP contribution is 2.38. The summed E-state index contributed by atoms with van der Waals surface area (Å²) in [5.41, 5.74) is 0.915. The van der Waals surface area contributed by atoms with Crippen LogP contribution in [0.25, 0.3) is 0 Å². The van der Waals surface area contributed by atoms with Crippen LogP contribution in [-0.2, 0) is 14.3 Å². The topological polar surface area (TPSA) is 83.9 Å². The second kappa shape index (κ2) is 8.28. The summed E-state index contributed by atoms with van der Waals surface area (Å²) >= 11 is 0. The Balaban J connectivity index is 2.16. The molecule has 28 heavy (non-hydrogen) atoms. The number of carboxylic acid groups (broad SMARTS) is 1. The van der Waals surface area contributed by atoms with Crippen LogP contribution in [0.4, 0.5) is 9.18 Å². The first-order chi connectivity index (χ1) is 13.3. The van der Waals surface area contributed by atoms with Crippen molar-refractivity contribution in [2.45, 2.75) is 30.9 Å². The van der Waals surface area contributed by atoms with Gasteiger partial charge in [0.25, 0.3) is 10.1 Å². The third-order valence-electron chi connectivity index (χ3n) is 4.94. The normalized spacial score (nSPS) is 19.4. The summed E-state index contributed by atoms with van der Waals surface area (Å²) in [6.45, 7) is 0.280. The van der Waals surface area contributed by atoms with Gasteiger partial charge in [-0.1, -0.05) is 48.5 Å². The van der Waals surface area contributed by atoms with E-state index in [4.69, 9.17) is 4.18 Å². The van der Waals surface area contributed by atoms with Crippen LogP contribution in [0.1, 0.15) is 29.9 Å². The number of carbonyl (C=O) groups is 1. The molecule has 1 aliphatic heterocycles. The van der Waals surface area contributed by atoms with E-state index in [-0.39, 0.29) is 12.1 Å². The van der Waals surface area contributed by atoms with E-state index >= 15 is 0 Å². The van der Waals surface area contributed by atoms with E-state index < -0.39 is 40.1 Å². The monoisotopic (exact) mass is 407 g/mol. The predicted molar refractivity (Wildman–Crippen MR) is 102 cm³/mol. The average molecular weight is 407 g/mol. The molecule has 0 aliphatic carbocycles. The molecule has 0 spiro atoms. The lowest BCUT2D eigenvalue weighted by atomic mass is 9.82. The van der Waals surface area contributed by atoms with Crippen molar-refractivity contribution >= 4 is 16.2 Å². The van der Waals surface area contributed by atoms with Crippen molar-refractivity contribution in [1.29, 1.82) is 0 Å². The number of nitrogens with zero attached hydrogens (tertiary/aromatic N) is 1. The van der Waals surface area contributed by atoms with Gasteiger partial charge in [-0.25, -0.2) is 9.18 Å². The minimum absolute atomic E-state index is 0.264. The molecule has 1 fully saturated rings. The van der Waals surface area contributed by atoms with Crippen LogP contribution in [0, 0.1) is 5.82 Å². The number of hydrogen-bond acceptors (Lipinski definition) is 4. The molecule has 150 valence electrons. The van der Waals surface area contributed by atoms with Crippen molar-refractivity contribution in [1.82, 2.24) is 4.90 Å². The molecule has 6 nitrogen and oxygen atoms in total. The Morgan fingerprint density at radius 1 is 1.18 bits per heavy atom. The quantitative estimate of drug-likeness (QED) is 0.742. The lowest BCUT2D eigenvalue weighted by Gasteiger charge is -2.35. The van der Waals surface area contributed by atoms with Gasteiger partial charge in [0.2, 0.25) is 0 Å². The van der Waals surface area contributed by atoms with Gasteiger partial charge in [-0.15, -0.1) is 0 Å². The highest BCUT2D eigenvalue weighted by molar-refractivity contribution is 7.86. The molecule has 0 aromatic heterocycles. The maximum Gasteiger partial charge on any atom is 0.407 e. The molecular formula is C20H22FNO5S. The summed E-state index contributed by atoms with van der Waals surface area (Å²) in [4.78, 5) is 12.9. The number of hydrogen-bond donors (Lipinski definition) is 1. The minimum Gasteiger partial charge on any atom is -0.465 e. The van der Waals surface area contributed by atoms with Gasteiger partial charge < -0.3 is 10.0 Å². The van der Waals surface area contributed by atoms with Crippen LogP contribution < -0.4 is 0 Å². The van der Waals surface area contributed by atoms with Crippen molar-refractivity contribution in [2.75, 3.05) is 12.8 Å².